The molecule has 1 aromatic carbocycles. The highest BCUT2D eigenvalue weighted by Crippen LogP contribution is 2.34. The van der Waals surface area contributed by atoms with Gasteiger partial charge in [-0.05, 0) is 50.3 Å². The highest BCUT2D eigenvalue weighted by molar-refractivity contribution is 5.75. The predicted molar refractivity (Wildman–Crippen MR) is 71.9 cm³/mol. The summed E-state index contributed by atoms with van der Waals surface area (Å²) in [6.07, 6.45) is 4.73. The lowest BCUT2D eigenvalue weighted by atomic mass is 10.0. The molecule has 0 heterocycles. The lowest BCUT2D eigenvalue weighted by molar-refractivity contribution is -0.138. The number of methoxy groups -OCH3 is 1. The first-order valence-electron chi connectivity index (χ1n) is 6.69. The van der Waals surface area contributed by atoms with Gasteiger partial charge in [0.1, 0.15) is 0 Å². The van der Waals surface area contributed by atoms with Gasteiger partial charge >= 0.3 is 5.97 Å². The molecule has 19 heavy (non-hydrogen) atoms. The van der Waals surface area contributed by atoms with Crippen molar-refractivity contribution in [1.29, 1.82) is 0 Å². The summed E-state index contributed by atoms with van der Waals surface area (Å²) in [5, 5.41) is 9.06. The van der Waals surface area contributed by atoms with Gasteiger partial charge in [-0.1, -0.05) is 6.07 Å². The molecule has 0 bridgehead atoms. The Hall–Kier alpha value is -1.71. The molecule has 1 atom stereocenters. The van der Waals surface area contributed by atoms with Crippen molar-refractivity contribution in [1.82, 2.24) is 0 Å². The minimum Gasteiger partial charge on any atom is -0.493 e. The zero-order valence-corrected chi connectivity index (χ0v) is 11.4. The third-order valence-corrected chi connectivity index (χ3v) is 3.65. The van der Waals surface area contributed by atoms with Crippen molar-refractivity contribution >= 4 is 5.97 Å². The molecule has 1 aromatic rings. The van der Waals surface area contributed by atoms with Gasteiger partial charge in [-0.25, -0.2) is 0 Å². The molecule has 0 aromatic heterocycles. The summed E-state index contributed by atoms with van der Waals surface area (Å²) in [4.78, 5) is 11.0. The number of hydrogen-bond donors (Lipinski definition) is 1. The fourth-order valence-electron chi connectivity index (χ4n) is 2.38. The van der Waals surface area contributed by atoms with Crippen LogP contribution in [0.4, 0.5) is 0 Å². The molecule has 1 aliphatic rings. The quantitative estimate of drug-likeness (QED) is 0.887. The van der Waals surface area contributed by atoms with Crippen LogP contribution in [-0.2, 0) is 4.79 Å². The molecule has 0 spiro atoms. The van der Waals surface area contributed by atoms with Crippen molar-refractivity contribution in [3.05, 3.63) is 23.8 Å². The number of benzene rings is 1. The van der Waals surface area contributed by atoms with Gasteiger partial charge in [-0.15, -0.1) is 0 Å². The van der Waals surface area contributed by atoms with Crippen LogP contribution in [0.1, 0.15) is 44.1 Å². The van der Waals surface area contributed by atoms with E-state index in [-0.39, 0.29) is 6.10 Å². The van der Waals surface area contributed by atoms with Crippen LogP contribution in [0.15, 0.2) is 18.2 Å². The maximum atomic E-state index is 11.0. The fraction of sp³-hybridized carbons (Fsp3) is 0.533. The molecule has 1 N–H and O–H groups in total. The topological polar surface area (TPSA) is 55.8 Å². The Labute approximate surface area is 113 Å². The van der Waals surface area contributed by atoms with E-state index in [2.05, 4.69) is 0 Å². The van der Waals surface area contributed by atoms with Crippen molar-refractivity contribution in [2.45, 2.75) is 44.6 Å². The number of aliphatic carboxylic acids is 1. The second-order valence-electron chi connectivity index (χ2n) is 4.99. The maximum Gasteiger partial charge on any atom is 0.310 e. The van der Waals surface area contributed by atoms with Crippen LogP contribution in [-0.4, -0.2) is 24.3 Å². The number of carboxylic acids is 1. The summed E-state index contributed by atoms with van der Waals surface area (Å²) in [5.74, 6) is -0.0675. The molecule has 0 aliphatic heterocycles. The second-order valence-corrected chi connectivity index (χ2v) is 4.99. The summed E-state index contributed by atoms with van der Waals surface area (Å²) in [7, 11) is 1.59. The second kappa shape index (κ2) is 5.95. The largest absolute Gasteiger partial charge is 0.493 e. The number of rotatable bonds is 5. The van der Waals surface area contributed by atoms with E-state index < -0.39 is 11.9 Å². The van der Waals surface area contributed by atoms with E-state index in [0.717, 1.165) is 18.4 Å². The van der Waals surface area contributed by atoms with Crippen LogP contribution in [0, 0.1) is 0 Å². The monoisotopic (exact) mass is 264 g/mol. The van der Waals surface area contributed by atoms with Crippen molar-refractivity contribution in [2.24, 2.45) is 0 Å². The fourth-order valence-corrected chi connectivity index (χ4v) is 2.38. The van der Waals surface area contributed by atoms with E-state index in [0.29, 0.717) is 11.5 Å². The third-order valence-electron chi connectivity index (χ3n) is 3.65. The highest BCUT2D eigenvalue weighted by Gasteiger charge is 2.20. The van der Waals surface area contributed by atoms with Crippen LogP contribution in [0.2, 0.25) is 0 Å². The van der Waals surface area contributed by atoms with Gasteiger partial charge in [0.25, 0.3) is 0 Å². The minimum absolute atomic E-state index is 0.226. The summed E-state index contributed by atoms with van der Waals surface area (Å²) in [5.41, 5.74) is 0.737. The molecular weight excluding hydrogens is 244 g/mol. The Morgan fingerprint density at radius 2 is 2.00 bits per heavy atom. The molecule has 0 saturated heterocycles. The van der Waals surface area contributed by atoms with Crippen LogP contribution >= 0.6 is 0 Å². The average molecular weight is 264 g/mol. The van der Waals surface area contributed by atoms with Gasteiger partial charge in [-0.2, -0.15) is 0 Å². The first-order chi connectivity index (χ1) is 9.11. The Bertz CT molecular complexity index is 449. The van der Waals surface area contributed by atoms with Crippen LogP contribution in [0.3, 0.4) is 0 Å². The molecule has 1 unspecified atom stereocenters. The van der Waals surface area contributed by atoms with E-state index in [9.17, 15) is 4.79 Å². The lowest BCUT2D eigenvalue weighted by Gasteiger charge is -2.17. The third kappa shape index (κ3) is 3.19. The maximum absolute atomic E-state index is 11.0. The summed E-state index contributed by atoms with van der Waals surface area (Å²) < 4.78 is 11.2. The smallest absolute Gasteiger partial charge is 0.310 e. The van der Waals surface area contributed by atoms with Gasteiger partial charge in [-0.3, -0.25) is 4.79 Å². The molecule has 4 heteroatoms. The molecule has 2 rings (SSSR count). The van der Waals surface area contributed by atoms with E-state index in [1.165, 1.54) is 12.8 Å². The lowest BCUT2D eigenvalue weighted by Crippen LogP contribution is -2.13. The standard InChI is InChI=1S/C15H20O4/c1-10(15(16)17)11-7-8-13(18-2)14(9-11)19-12-5-3-4-6-12/h7-10,12H,3-6H2,1-2H3,(H,16,17). The number of carboxylic acid groups (broad SMARTS) is 1. The van der Waals surface area contributed by atoms with Gasteiger partial charge in [0, 0.05) is 0 Å². The van der Waals surface area contributed by atoms with Crippen molar-refractivity contribution in [3.63, 3.8) is 0 Å². The zero-order chi connectivity index (χ0) is 13.8. The molecule has 4 nitrogen and oxygen atoms in total. The van der Waals surface area contributed by atoms with Crippen LogP contribution < -0.4 is 9.47 Å². The molecule has 104 valence electrons. The molecule has 0 amide bonds. The normalized spacial score (nSPS) is 17.2. The molecule has 1 aliphatic carbocycles. The van der Waals surface area contributed by atoms with Crippen molar-refractivity contribution in [2.75, 3.05) is 7.11 Å². The summed E-state index contributed by atoms with van der Waals surface area (Å²) >= 11 is 0. The van der Waals surface area contributed by atoms with E-state index >= 15 is 0 Å². The average Bonchev–Trinajstić information content (AvgIpc) is 2.90. The predicted octanol–water partition coefficient (Wildman–Crippen LogP) is 3.20. The number of hydrogen-bond acceptors (Lipinski definition) is 3. The Balaban J connectivity index is 2.22. The summed E-state index contributed by atoms with van der Waals surface area (Å²) in [6, 6.07) is 5.34. The Kier molecular flexibility index (Phi) is 4.30. The summed E-state index contributed by atoms with van der Waals surface area (Å²) in [6.45, 7) is 1.67. The van der Waals surface area contributed by atoms with Gasteiger partial charge in [0.05, 0.1) is 19.1 Å². The van der Waals surface area contributed by atoms with E-state index in [1.807, 2.05) is 0 Å². The Morgan fingerprint density at radius 3 is 2.58 bits per heavy atom. The Morgan fingerprint density at radius 1 is 1.32 bits per heavy atom. The van der Waals surface area contributed by atoms with E-state index in [4.69, 9.17) is 14.6 Å². The van der Waals surface area contributed by atoms with E-state index in [1.54, 1.807) is 32.2 Å². The zero-order valence-electron chi connectivity index (χ0n) is 11.4. The molecule has 1 saturated carbocycles. The first-order valence-corrected chi connectivity index (χ1v) is 6.69. The highest BCUT2D eigenvalue weighted by atomic mass is 16.5. The number of carbonyl (C=O) groups is 1. The van der Waals surface area contributed by atoms with Crippen molar-refractivity contribution in [3.8, 4) is 11.5 Å². The molecule has 1 fully saturated rings. The van der Waals surface area contributed by atoms with Crippen molar-refractivity contribution < 1.29 is 19.4 Å². The molecule has 0 radical (unpaired) electrons. The van der Waals surface area contributed by atoms with Crippen LogP contribution in [0.5, 0.6) is 11.5 Å². The SMILES string of the molecule is COc1ccc(C(C)C(=O)O)cc1OC1CCCC1. The minimum atomic E-state index is -0.836. The first kappa shape index (κ1) is 13.7. The van der Waals surface area contributed by atoms with Crippen LogP contribution in [0.25, 0.3) is 0 Å². The van der Waals surface area contributed by atoms with Gasteiger partial charge in [0.15, 0.2) is 11.5 Å². The van der Waals surface area contributed by atoms with Gasteiger partial charge < -0.3 is 14.6 Å². The van der Waals surface area contributed by atoms with Gasteiger partial charge in [0.2, 0.25) is 0 Å². The number of ether oxygens (including phenoxy) is 2. The molecular formula is C15H20O4.